The Hall–Kier alpha value is -2.57. The van der Waals surface area contributed by atoms with Crippen LogP contribution in [-0.4, -0.2) is 18.1 Å². The number of methoxy groups -OCH3 is 1. The van der Waals surface area contributed by atoms with Gasteiger partial charge in [0, 0.05) is 5.56 Å². The van der Waals surface area contributed by atoms with Gasteiger partial charge >= 0.3 is 5.97 Å². The Morgan fingerprint density at radius 1 is 1.21 bits per heavy atom. The first-order valence-corrected chi connectivity index (χ1v) is 7.36. The lowest BCUT2D eigenvalue weighted by Crippen LogP contribution is -2.24. The van der Waals surface area contributed by atoms with Crippen molar-refractivity contribution in [1.82, 2.24) is 4.98 Å². The molecule has 1 aromatic heterocycles. The minimum Gasteiger partial charge on any atom is -0.465 e. The second-order valence-corrected chi connectivity index (χ2v) is 5.75. The third-order valence-corrected chi connectivity index (χ3v) is 4.12. The number of carbonyl (C=O) groups is 1. The third kappa shape index (κ3) is 2.70. The van der Waals surface area contributed by atoms with Crippen LogP contribution in [0.15, 0.2) is 24.3 Å². The number of ether oxygens (including phenoxy) is 1. The normalized spacial score (nSPS) is 15.0. The predicted molar refractivity (Wildman–Crippen MR) is 81.2 cm³/mol. The molecule has 4 nitrogen and oxygen atoms in total. The molecule has 1 aliphatic carbocycles. The van der Waals surface area contributed by atoms with Gasteiger partial charge in [-0.25, -0.2) is 22.9 Å². The van der Waals surface area contributed by atoms with Gasteiger partial charge < -0.3 is 10.1 Å². The van der Waals surface area contributed by atoms with E-state index in [9.17, 15) is 18.0 Å². The van der Waals surface area contributed by atoms with Crippen LogP contribution in [0.1, 0.15) is 34.5 Å². The summed E-state index contributed by atoms with van der Waals surface area (Å²) in [5, 5.41) is 2.80. The first kappa shape index (κ1) is 16.3. The number of aryl methyl sites for hydroxylation is 1. The molecule has 1 saturated carbocycles. The highest BCUT2D eigenvalue weighted by molar-refractivity contribution is 5.90. The maximum atomic E-state index is 14.3. The van der Waals surface area contributed by atoms with E-state index in [0.717, 1.165) is 18.2 Å². The molecule has 1 aliphatic rings. The van der Waals surface area contributed by atoms with Crippen molar-refractivity contribution in [2.45, 2.75) is 25.3 Å². The fourth-order valence-corrected chi connectivity index (χ4v) is 2.73. The zero-order valence-corrected chi connectivity index (χ0v) is 13.1. The number of hydrogen-bond acceptors (Lipinski definition) is 4. The molecule has 2 aromatic rings. The number of nitrogens with one attached hydrogen (secondary N) is 1. The molecule has 0 amide bonds. The summed E-state index contributed by atoms with van der Waals surface area (Å²) in [6.45, 7) is 1.53. The van der Waals surface area contributed by atoms with Crippen LogP contribution >= 0.6 is 0 Å². The minimum absolute atomic E-state index is 0.00229. The average Bonchev–Trinajstić information content (AvgIpc) is 3.30. The van der Waals surface area contributed by atoms with Gasteiger partial charge in [-0.2, -0.15) is 0 Å². The molecule has 0 unspecified atom stereocenters. The molecule has 0 bridgehead atoms. The van der Waals surface area contributed by atoms with Crippen molar-refractivity contribution in [2.75, 3.05) is 12.4 Å². The van der Waals surface area contributed by atoms with Crippen molar-refractivity contribution >= 4 is 11.8 Å². The summed E-state index contributed by atoms with van der Waals surface area (Å²) in [7, 11) is 1.19. The van der Waals surface area contributed by atoms with E-state index in [0.29, 0.717) is 12.8 Å². The zero-order chi connectivity index (χ0) is 17.5. The summed E-state index contributed by atoms with van der Waals surface area (Å²) in [5.74, 6) is -3.03. The van der Waals surface area contributed by atoms with E-state index < -0.39 is 29.0 Å². The molecule has 24 heavy (non-hydrogen) atoms. The van der Waals surface area contributed by atoms with Crippen molar-refractivity contribution < 1.29 is 22.7 Å². The largest absolute Gasteiger partial charge is 0.465 e. The van der Waals surface area contributed by atoms with Crippen LogP contribution in [0.25, 0.3) is 0 Å². The van der Waals surface area contributed by atoms with E-state index in [4.69, 9.17) is 0 Å². The Kier molecular flexibility index (Phi) is 3.95. The quantitative estimate of drug-likeness (QED) is 0.865. The monoisotopic (exact) mass is 336 g/mol. The summed E-state index contributed by atoms with van der Waals surface area (Å²) in [6, 6.07) is 4.60. The molecule has 7 heteroatoms. The summed E-state index contributed by atoms with van der Waals surface area (Å²) < 4.78 is 46.9. The van der Waals surface area contributed by atoms with Crippen LogP contribution in [0.2, 0.25) is 0 Å². The van der Waals surface area contributed by atoms with Gasteiger partial charge in [-0.05, 0) is 38.0 Å². The van der Waals surface area contributed by atoms with Crippen molar-refractivity contribution in [2.24, 2.45) is 0 Å². The Morgan fingerprint density at radius 2 is 1.83 bits per heavy atom. The van der Waals surface area contributed by atoms with Crippen molar-refractivity contribution in [3.63, 3.8) is 0 Å². The van der Waals surface area contributed by atoms with Crippen LogP contribution < -0.4 is 5.32 Å². The topological polar surface area (TPSA) is 51.2 Å². The van der Waals surface area contributed by atoms with Crippen LogP contribution in [0.3, 0.4) is 0 Å². The molecule has 3 rings (SSSR count). The predicted octanol–water partition coefficient (Wildman–Crippen LogP) is 3.70. The highest BCUT2D eigenvalue weighted by Crippen LogP contribution is 2.50. The summed E-state index contributed by atoms with van der Waals surface area (Å²) >= 11 is 0. The van der Waals surface area contributed by atoms with E-state index >= 15 is 0 Å². The lowest BCUT2D eigenvalue weighted by molar-refractivity contribution is 0.0599. The molecule has 126 valence electrons. The molecule has 1 fully saturated rings. The van der Waals surface area contributed by atoms with Gasteiger partial charge in [0.1, 0.15) is 11.6 Å². The number of hydrogen-bond donors (Lipinski definition) is 1. The Labute approximate surface area is 136 Å². The average molecular weight is 336 g/mol. The van der Waals surface area contributed by atoms with E-state index in [2.05, 4.69) is 15.0 Å². The Bertz CT molecular complexity index is 799. The molecule has 1 aromatic carbocycles. The summed E-state index contributed by atoms with van der Waals surface area (Å²) in [6.07, 6.45) is 0.896. The number of benzene rings is 1. The first-order valence-electron chi connectivity index (χ1n) is 7.36. The number of pyridine rings is 1. The Morgan fingerprint density at radius 3 is 2.38 bits per heavy atom. The fourth-order valence-electron chi connectivity index (χ4n) is 2.73. The SMILES string of the molecule is COC(=O)c1cc(F)c(NC2(c3c(F)cccc3F)CC2)nc1C. The van der Waals surface area contributed by atoms with Crippen LogP contribution in [0.4, 0.5) is 19.0 Å². The first-order chi connectivity index (χ1) is 11.4. The van der Waals surface area contributed by atoms with Gasteiger partial charge in [0.05, 0.1) is 23.9 Å². The molecule has 0 radical (unpaired) electrons. The highest BCUT2D eigenvalue weighted by Gasteiger charge is 2.48. The van der Waals surface area contributed by atoms with Gasteiger partial charge in [0.15, 0.2) is 11.6 Å². The molecule has 1 heterocycles. The third-order valence-electron chi connectivity index (χ3n) is 4.12. The number of esters is 1. The summed E-state index contributed by atoms with van der Waals surface area (Å²) in [5.41, 5.74) is -0.887. The number of rotatable bonds is 4. The van der Waals surface area contributed by atoms with Gasteiger partial charge in [0.2, 0.25) is 0 Å². The Balaban J connectivity index is 1.97. The molecular weight excluding hydrogens is 321 g/mol. The fraction of sp³-hybridized carbons (Fsp3) is 0.294. The van der Waals surface area contributed by atoms with Gasteiger partial charge in [-0.1, -0.05) is 6.07 Å². The number of carbonyl (C=O) groups excluding carboxylic acids is 1. The molecule has 0 spiro atoms. The lowest BCUT2D eigenvalue weighted by atomic mass is 10.0. The maximum absolute atomic E-state index is 14.3. The number of halogens is 3. The smallest absolute Gasteiger partial charge is 0.339 e. The van der Waals surface area contributed by atoms with Crippen molar-refractivity contribution in [3.8, 4) is 0 Å². The number of aromatic nitrogens is 1. The second-order valence-electron chi connectivity index (χ2n) is 5.75. The number of nitrogens with zero attached hydrogens (tertiary/aromatic N) is 1. The van der Waals surface area contributed by atoms with Crippen LogP contribution in [0.5, 0.6) is 0 Å². The van der Waals surface area contributed by atoms with Crippen LogP contribution in [0, 0.1) is 24.4 Å². The standard InChI is InChI=1S/C17H15F3N2O2/c1-9-10(16(23)24-2)8-13(20)15(21-9)22-17(6-7-17)14-11(18)4-3-5-12(14)19/h3-5,8H,6-7H2,1-2H3,(H,21,22). The van der Waals surface area contributed by atoms with Crippen molar-refractivity contribution in [3.05, 3.63) is 58.5 Å². The van der Waals surface area contributed by atoms with E-state index in [-0.39, 0.29) is 22.6 Å². The summed E-state index contributed by atoms with van der Waals surface area (Å²) in [4.78, 5) is 15.6. The zero-order valence-electron chi connectivity index (χ0n) is 13.1. The lowest BCUT2D eigenvalue weighted by Gasteiger charge is -2.21. The van der Waals surface area contributed by atoms with Gasteiger partial charge in [-0.3, -0.25) is 0 Å². The van der Waals surface area contributed by atoms with E-state index in [1.807, 2.05) is 0 Å². The maximum Gasteiger partial charge on any atom is 0.339 e. The van der Waals surface area contributed by atoms with Crippen molar-refractivity contribution in [1.29, 1.82) is 0 Å². The van der Waals surface area contributed by atoms with Crippen LogP contribution in [-0.2, 0) is 10.3 Å². The molecular formula is C17H15F3N2O2. The molecule has 0 atom stereocenters. The van der Waals surface area contributed by atoms with E-state index in [1.165, 1.54) is 20.1 Å². The van der Waals surface area contributed by atoms with Gasteiger partial charge in [0.25, 0.3) is 0 Å². The molecule has 1 N–H and O–H groups in total. The highest BCUT2D eigenvalue weighted by atomic mass is 19.1. The molecule has 0 aliphatic heterocycles. The molecule has 0 saturated heterocycles. The second kappa shape index (κ2) is 5.81. The number of anilines is 1. The van der Waals surface area contributed by atoms with Gasteiger partial charge in [-0.15, -0.1) is 0 Å². The van der Waals surface area contributed by atoms with E-state index in [1.54, 1.807) is 0 Å². The minimum atomic E-state index is -1.03.